The van der Waals surface area contributed by atoms with Crippen LogP contribution in [0.25, 0.3) is 11.4 Å². The van der Waals surface area contributed by atoms with Gasteiger partial charge in [-0.15, -0.1) is 0 Å². The van der Waals surface area contributed by atoms with Crippen LogP contribution >= 0.6 is 0 Å². The van der Waals surface area contributed by atoms with Crippen molar-refractivity contribution in [2.45, 2.75) is 43.6 Å². The van der Waals surface area contributed by atoms with Crippen molar-refractivity contribution in [1.82, 2.24) is 24.8 Å². The predicted molar refractivity (Wildman–Crippen MR) is 110 cm³/mol. The van der Waals surface area contributed by atoms with Crippen molar-refractivity contribution in [2.24, 2.45) is 0 Å². The van der Waals surface area contributed by atoms with Crippen molar-refractivity contribution < 1.29 is 18.0 Å². The number of halogens is 3. The molecule has 1 amide bonds. The molecule has 1 N–H and O–H groups in total. The zero-order chi connectivity index (χ0) is 22.3. The molecule has 0 unspecified atom stereocenters. The van der Waals surface area contributed by atoms with E-state index in [9.17, 15) is 18.0 Å². The Morgan fingerprint density at radius 3 is 2.44 bits per heavy atom. The molecule has 5 rings (SSSR count). The van der Waals surface area contributed by atoms with Crippen LogP contribution in [-0.4, -0.2) is 48.9 Å². The number of rotatable bonds is 4. The van der Waals surface area contributed by atoms with E-state index in [0.29, 0.717) is 23.4 Å². The van der Waals surface area contributed by atoms with Crippen LogP contribution in [0.2, 0.25) is 0 Å². The Balaban J connectivity index is 1.36. The highest BCUT2D eigenvalue weighted by Gasteiger charge is 2.49. The molecule has 3 aromatic rings. The van der Waals surface area contributed by atoms with E-state index in [-0.39, 0.29) is 30.0 Å². The van der Waals surface area contributed by atoms with Crippen LogP contribution in [0.5, 0.6) is 0 Å². The summed E-state index contributed by atoms with van der Waals surface area (Å²) < 4.78 is 38.3. The molecule has 1 aromatic carbocycles. The highest BCUT2D eigenvalue weighted by molar-refractivity contribution is 6.00. The van der Waals surface area contributed by atoms with Gasteiger partial charge in [-0.1, -0.05) is 18.2 Å². The van der Waals surface area contributed by atoms with Crippen LogP contribution in [0.3, 0.4) is 0 Å². The number of carbonyl (C=O) groups is 1. The fourth-order valence-electron chi connectivity index (χ4n) is 4.62. The summed E-state index contributed by atoms with van der Waals surface area (Å²) in [7, 11) is 0. The van der Waals surface area contributed by atoms with Crippen molar-refractivity contribution in [3.63, 3.8) is 0 Å². The number of nitrogens with zero attached hydrogens (tertiary/aromatic N) is 5. The van der Waals surface area contributed by atoms with Gasteiger partial charge in [0.1, 0.15) is 0 Å². The van der Waals surface area contributed by atoms with Gasteiger partial charge in [-0.25, -0.2) is 19.9 Å². The number of alkyl halides is 3. The fraction of sp³-hybridized carbons (Fsp3) is 0.318. The zero-order valence-corrected chi connectivity index (χ0v) is 16.8. The summed E-state index contributed by atoms with van der Waals surface area (Å²) in [4.78, 5) is 31.6. The lowest BCUT2D eigenvalue weighted by Gasteiger charge is -2.25. The quantitative estimate of drug-likeness (QED) is 0.664. The molecular weight excluding hydrogens is 421 g/mol. The second-order valence-electron chi connectivity index (χ2n) is 7.91. The third-order valence-corrected chi connectivity index (χ3v) is 6.03. The van der Waals surface area contributed by atoms with E-state index < -0.39 is 11.7 Å². The van der Waals surface area contributed by atoms with Gasteiger partial charge < -0.3 is 10.2 Å². The zero-order valence-electron chi connectivity index (χ0n) is 16.8. The van der Waals surface area contributed by atoms with E-state index in [4.69, 9.17) is 0 Å². The number of fused-ring (bicyclic) bond motifs is 2. The highest BCUT2D eigenvalue weighted by atomic mass is 19.4. The van der Waals surface area contributed by atoms with Crippen molar-refractivity contribution in [2.75, 3.05) is 5.32 Å². The Kier molecular flexibility index (Phi) is 4.99. The van der Waals surface area contributed by atoms with Crippen molar-refractivity contribution in [1.29, 1.82) is 0 Å². The minimum absolute atomic E-state index is 0.0456. The van der Waals surface area contributed by atoms with Gasteiger partial charge in [-0.3, -0.25) is 4.79 Å². The fourth-order valence-corrected chi connectivity index (χ4v) is 4.62. The summed E-state index contributed by atoms with van der Waals surface area (Å²) in [6, 6.07) is 8.78. The van der Waals surface area contributed by atoms with Crippen LogP contribution in [-0.2, 0) is 6.18 Å². The normalized spacial score (nSPS) is 22.2. The van der Waals surface area contributed by atoms with Gasteiger partial charge in [-0.2, -0.15) is 13.2 Å². The molecule has 2 aliphatic rings. The Labute approximate surface area is 181 Å². The molecule has 7 nitrogen and oxygen atoms in total. The number of nitrogens with one attached hydrogen (secondary N) is 1. The number of hydrogen-bond acceptors (Lipinski definition) is 6. The minimum Gasteiger partial charge on any atom is -0.349 e. The molecule has 164 valence electrons. The molecule has 0 spiro atoms. The monoisotopic (exact) mass is 440 g/mol. The van der Waals surface area contributed by atoms with Gasteiger partial charge >= 0.3 is 6.18 Å². The maximum atomic E-state index is 13.5. The molecule has 2 saturated heterocycles. The molecule has 2 aliphatic heterocycles. The van der Waals surface area contributed by atoms with E-state index in [1.54, 1.807) is 24.5 Å². The predicted octanol–water partition coefficient (Wildman–Crippen LogP) is 3.81. The van der Waals surface area contributed by atoms with Crippen LogP contribution in [0.15, 0.2) is 55.1 Å². The lowest BCUT2D eigenvalue weighted by atomic mass is 9.96. The minimum atomic E-state index is -4.48. The summed E-state index contributed by atoms with van der Waals surface area (Å²) in [6.45, 7) is 0. The Bertz CT molecular complexity index is 1120. The highest BCUT2D eigenvalue weighted by Crippen LogP contribution is 2.40. The maximum absolute atomic E-state index is 13.5. The second kappa shape index (κ2) is 7.85. The third-order valence-electron chi connectivity index (χ3n) is 6.03. The van der Waals surface area contributed by atoms with Crippen molar-refractivity contribution in [3.8, 4) is 11.4 Å². The van der Waals surface area contributed by atoms with E-state index in [2.05, 4.69) is 25.3 Å². The lowest BCUT2D eigenvalue weighted by molar-refractivity contribution is -0.138. The molecule has 2 aromatic heterocycles. The largest absolute Gasteiger partial charge is 0.419 e. The summed E-state index contributed by atoms with van der Waals surface area (Å²) in [5.41, 5.74) is 0.301. The maximum Gasteiger partial charge on any atom is 0.419 e. The molecule has 2 fully saturated rings. The Morgan fingerprint density at radius 1 is 1.00 bits per heavy atom. The average molecular weight is 440 g/mol. The van der Waals surface area contributed by atoms with Gasteiger partial charge in [0.15, 0.2) is 5.82 Å². The smallest absolute Gasteiger partial charge is 0.349 e. The molecule has 10 heteroatoms. The van der Waals surface area contributed by atoms with Crippen molar-refractivity contribution >= 4 is 11.9 Å². The molecular formula is C22H19F3N6O. The van der Waals surface area contributed by atoms with Crippen LogP contribution in [0, 0.1) is 0 Å². The standard InChI is InChI=1S/C22H19F3N6O/c23-22(24,25)13-11-28-21(29-12-13)30-17-10-14-6-7-18(17)31(14)20(32)16-5-2-1-4-15(16)19-26-8-3-9-27-19/h1-5,8-9,11-12,14,17-18H,6-7,10H2,(H,28,29,30)/t14-,17-,18+/m1/s1. The van der Waals surface area contributed by atoms with Gasteiger partial charge in [0.2, 0.25) is 5.95 Å². The number of anilines is 1. The molecule has 0 radical (unpaired) electrons. The first kappa shape index (κ1) is 20.3. The van der Waals surface area contributed by atoms with Gasteiger partial charge in [0.25, 0.3) is 5.91 Å². The molecule has 4 heterocycles. The Hall–Kier alpha value is -3.56. The average Bonchev–Trinajstić information content (AvgIpc) is 3.37. The molecule has 2 bridgehead atoms. The summed E-state index contributed by atoms with van der Waals surface area (Å²) in [6.07, 6.45) is 2.68. The van der Waals surface area contributed by atoms with Crippen LogP contribution in [0.1, 0.15) is 35.2 Å². The van der Waals surface area contributed by atoms with Gasteiger partial charge in [0, 0.05) is 36.4 Å². The topological polar surface area (TPSA) is 83.9 Å². The number of aromatic nitrogens is 4. The first-order chi connectivity index (χ1) is 15.4. The summed E-state index contributed by atoms with van der Waals surface area (Å²) in [5.74, 6) is 0.509. The second-order valence-corrected chi connectivity index (χ2v) is 7.91. The summed E-state index contributed by atoms with van der Waals surface area (Å²) >= 11 is 0. The number of carbonyl (C=O) groups excluding carboxylic acids is 1. The molecule has 32 heavy (non-hydrogen) atoms. The number of amides is 1. The van der Waals surface area contributed by atoms with Crippen LogP contribution in [0.4, 0.5) is 19.1 Å². The first-order valence-corrected chi connectivity index (χ1v) is 10.3. The summed E-state index contributed by atoms with van der Waals surface area (Å²) in [5, 5.41) is 3.13. The number of benzene rings is 1. The molecule has 3 atom stereocenters. The van der Waals surface area contributed by atoms with E-state index in [1.165, 1.54) is 0 Å². The van der Waals surface area contributed by atoms with E-state index >= 15 is 0 Å². The van der Waals surface area contributed by atoms with Crippen LogP contribution < -0.4 is 5.32 Å². The van der Waals surface area contributed by atoms with E-state index in [0.717, 1.165) is 25.2 Å². The first-order valence-electron chi connectivity index (χ1n) is 10.3. The van der Waals surface area contributed by atoms with Gasteiger partial charge in [-0.05, 0) is 31.4 Å². The third kappa shape index (κ3) is 3.65. The SMILES string of the molecule is O=C(c1ccccc1-c1ncccn1)N1[C@@H]2CC[C@H]1[C@H](Nc1ncc(C(F)(F)F)cn1)C2. The molecule has 0 saturated carbocycles. The Morgan fingerprint density at radius 2 is 1.72 bits per heavy atom. The molecule has 0 aliphatic carbocycles. The van der Waals surface area contributed by atoms with Gasteiger partial charge in [0.05, 0.1) is 23.2 Å². The van der Waals surface area contributed by atoms with E-state index in [1.807, 2.05) is 23.1 Å². The number of hydrogen-bond donors (Lipinski definition) is 1. The van der Waals surface area contributed by atoms with Crippen molar-refractivity contribution in [3.05, 3.63) is 66.2 Å². The lowest BCUT2D eigenvalue weighted by Crippen LogP contribution is -2.40.